The van der Waals surface area contributed by atoms with Crippen molar-refractivity contribution in [3.8, 4) is 5.75 Å². The first kappa shape index (κ1) is 21.3. The predicted octanol–water partition coefficient (Wildman–Crippen LogP) is 5.08. The molecular weight excluding hydrogens is 440 g/mol. The van der Waals surface area contributed by atoms with E-state index in [1.807, 2.05) is 25.1 Å². The van der Waals surface area contributed by atoms with Crippen LogP contribution in [-0.4, -0.2) is 33.7 Å². The molecule has 7 nitrogen and oxygen atoms in total. The maximum atomic E-state index is 13.4. The van der Waals surface area contributed by atoms with Crippen molar-refractivity contribution in [1.82, 2.24) is 14.8 Å². The van der Waals surface area contributed by atoms with Crippen LogP contribution in [0.1, 0.15) is 46.1 Å². The van der Waals surface area contributed by atoms with Gasteiger partial charge < -0.3 is 10.1 Å². The first-order chi connectivity index (χ1) is 15.9. The van der Waals surface area contributed by atoms with E-state index in [0.29, 0.717) is 39.3 Å². The first-order valence-corrected chi connectivity index (χ1v) is 11.2. The van der Waals surface area contributed by atoms with Crippen molar-refractivity contribution in [2.45, 2.75) is 32.1 Å². The lowest BCUT2D eigenvalue weighted by Crippen LogP contribution is -2.17. The van der Waals surface area contributed by atoms with Crippen LogP contribution in [0.3, 0.4) is 0 Å². The molecule has 5 rings (SSSR count). The van der Waals surface area contributed by atoms with E-state index in [-0.39, 0.29) is 18.2 Å². The minimum Gasteiger partial charge on any atom is -0.497 e. The van der Waals surface area contributed by atoms with Crippen LogP contribution in [0.5, 0.6) is 5.75 Å². The van der Waals surface area contributed by atoms with Crippen molar-refractivity contribution in [2.24, 2.45) is 0 Å². The Labute approximate surface area is 195 Å². The van der Waals surface area contributed by atoms with Gasteiger partial charge in [-0.1, -0.05) is 11.6 Å². The van der Waals surface area contributed by atoms with Gasteiger partial charge in [-0.25, -0.2) is 0 Å². The molecule has 1 saturated carbocycles. The van der Waals surface area contributed by atoms with Gasteiger partial charge in [-0.15, -0.1) is 0 Å². The average molecular weight is 463 g/mol. The van der Waals surface area contributed by atoms with Crippen molar-refractivity contribution < 1.29 is 14.3 Å². The molecule has 0 atom stereocenters. The number of anilines is 1. The number of rotatable bonds is 6. The molecule has 0 unspecified atom stereocenters. The van der Waals surface area contributed by atoms with Gasteiger partial charge in [0.2, 0.25) is 5.91 Å². The number of H-pyrrole nitrogens is 1. The third kappa shape index (κ3) is 4.12. The zero-order chi connectivity index (χ0) is 23.1. The van der Waals surface area contributed by atoms with Gasteiger partial charge >= 0.3 is 0 Å². The number of hydrogen-bond acceptors (Lipinski definition) is 4. The van der Waals surface area contributed by atoms with Gasteiger partial charge in [-0.05, 0) is 67.8 Å². The number of carbonyl (C=O) groups excluding carboxylic acids is 2. The van der Waals surface area contributed by atoms with Crippen LogP contribution in [0.15, 0.2) is 48.5 Å². The molecule has 8 heteroatoms. The number of ether oxygens (including phenoxy) is 1. The Balaban J connectivity index is 1.50. The molecule has 0 aliphatic heterocycles. The number of amides is 1. The highest BCUT2D eigenvalue weighted by atomic mass is 35.5. The molecule has 2 aromatic carbocycles. The number of fused-ring (bicyclic) bond motifs is 1. The Morgan fingerprint density at radius 2 is 1.94 bits per heavy atom. The lowest BCUT2D eigenvalue weighted by molar-refractivity contribution is -0.115. The molecule has 1 fully saturated rings. The molecule has 0 bridgehead atoms. The Morgan fingerprint density at radius 3 is 2.64 bits per heavy atom. The third-order valence-electron chi connectivity index (χ3n) is 6.06. The number of benzene rings is 2. The second-order valence-corrected chi connectivity index (χ2v) is 8.74. The Kier molecular flexibility index (Phi) is 5.42. The van der Waals surface area contributed by atoms with Gasteiger partial charge in [0.25, 0.3) is 5.91 Å². The second-order valence-electron chi connectivity index (χ2n) is 8.30. The lowest BCUT2D eigenvalue weighted by atomic mass is 10.1. The summed E-state index contributed by atoms with van der Waals surface area (Å²) in [5.74, 6) is 1.30. The Bertz CT molecular complexity index is 1370. The number of nitrogens with one attached hydrogen (secondary N) is 2. The van der Waals surface area contributed by atoms with Crippen molar-refractivity contribution in [3.63, 3.8) is 0 Å². The summed E-state index contributed by atoms with van der Waals surface area (Å²) in [4.78, 5) is 26.3. The van der Waals surface area contributed by atoms with E-state index in [0.717, 1.165) is 29.5 Å². The highest BCUT2D eigenvalue weighted by Gasteiger charge is 2.26. The normalized spacial score (nSPS) is 13.3. The smallest absolute Gasteiger partial charge is 0.262 e. The highest BCUT2D eigenvalue weighted by Crippen LogP contribution is 2.39. The number of nitrogens with zero attached hydrogens (tertiary/aromatic N) is 2. The fraction of sp³-hybridized carbons (Fsp3) is 0.240. The zero-order valence-corrected chi connectivity index (χ0v) is 19.1. The van der Waals surface area contributed by atoms with E-state index in [1.54, 1.807) is 42.0 Å². The second kappa shape index (κ2) is 8.41. The molecule has 1 amide bonds. The highest BCUT2D eigenvalue weighted by molar-refractivity contribution is 6.30. The van der Waals surface area contributed by atoms with Gasteiger partial charge in [-0.2, -0.15) is 5.10 Å². The van der Waals surface area contributed by atoms with Gasteiger partial charge in [-0.3, -0.25) is 19.3 Å². The Hall–Kier alpha value is -3.58. The predicted molar refractivity (Wildman–Crippen MR) is 127 cm³/mol. The van der Waals surface area contributed by atoms with Crippen molar-refractivity contribution in [3.05, 3.63) is 76.1 Å². The van der Waals surface area contributed by atoms with Crippen LogP contribution in [0.4, 0.5) is 5.82 Å². The van der Waals surface area contributed by atoms with Crippen molar-refractivity contribution in [1.29, 1.82) is 0 Å². The van der Waals surface area contributed by atoms with Crippen LogP contribution in [0, 0.1) is 6.92 Å². The number of methoxy groups -OCH3 is 1. The summed E-state index contributed by atoms with van der Waals surface area (Å²) in [6, 6.07) is 14.2. The Morgan fingerprint density at radius 1 is 1.18 bits per heavy atom. The third-order valence-corrected chi connectivity index (χ3v) is 6.31. The molecule has 4 aromatic rings. The van der Waals surface area contributed by atoms with Crippen molar-refractivity contribution in [2.75, 3.05) is 12.4 Å². The first-order valence-electron chi connectivity index (χ1n) is 10.8. The van der Waals surface area contributed by atoms with Crippen LogP contribution < -0.4 is 10.1 Å². The SMILES string of the molecule is COc1ccc2c(c1)c(CC(=O)Nc1cc(C3CC3)[nH]n1)c(C)n2C(=O)c1ccc(Cl)cc1. The summed E-state index contributed by atoms with van der Waals surface area (Å²) in [6.07, 6.45) is 2.40. The van der Waals surface area contributed by atoms with E-state index in [9.17, 15) is 9.59 Å². The summed E-state index contributed by atoms with van der Waals surface area (Å²) < 4.78 is 7.03. The molecule has 1 aliphatic rings. The maximum Gasteiger partial charge on any atom is 0.262 e. The van der Waals surface area contributed by atoms with E-state index >= 15 is 0 Å². The molecule has 168 valence electrons. The summed E-state index contributed by atoms with van der Waals surface area (Å²) in [5, 5.41) is 11.4. The molecule has 0 spiro atoms. The molecule has 0 radical (unpaired) electrons. The van der Waals surface area contributed by atoms with Crippen LogP contribution in [-0.2, 0) is 11.2 Å². The fourth-order valence-electron chi connectivity index (χ4n) is 4.15. The molecule has 0 saturated heterocycles. The zero-order valence-electron chi connectivity index (χ0n) is 18.3. The topological polar surface area (TPSA) is 89.0 Å². The maximum absolute atomic E-state index is 13.4. The standard InChI is InChI=1S/C25H23ClN4O3/c1-14-19(12-24(31)27-23-13-21(28-29-23)15-3-4-15)20-11-18(33-2)9-10-22(20)30(14)25(32)16-5-7-17(26)8-6-16/h5-11,13,15H,3-4,12H2,1-2H3,(H2,27,28,29,31). The number of aromatic nitrogens is 3. The number of carbonyl (C=O) groups is 2. The summed E-state index contributed by atoms with van der Waals surface area (Å²) in [6.45, 7) is 1.85. The van der Waals surface area contributed by atoms with E-state index in [4.69, 9.17) is 16.3 Å². The van der Waals surface area contributed by atoms with Crippen molar-refractivity contribution >= 4 is 40.1 Å². The lowest BCUT2D eigenvalue weighted by Gasteiger charge is -2.08. The summed E-state index contributed by atoms with van der Waals surface area (Å²) in [7, 11) is 1.59. The minimum absolute atomic E-state index is 0.0992. The van der Waals surface area contributed by atoms with E-state index in [1.165, 1.54) is 0 Å². The fourth-order valence-corrected chi connectivity index (χ4v) is 4.27. The van der Waals surface area contributed by atoms with Gasteiger partial charge in [0.05, 0.1) is 19.0 Å². The largest absolute Gasteiger partial charge is 0.497 e. The molecule has 2 N–H and O–H groups in total. The number of aromatic amines is 1. The quantitative estimate of drug-likeness (QED) is 0.418. The monoisotopic (exact) mass is 462 g/mol. The van der Waals surface area contributed by atoms with E-state index < -0.39 is 0 Å². The van der Waals surface area contributed by atoms with E-state index in [2.05, 4.69) is 15.5 Å². The van der Waals surface area contributed by atoms with Gasteiger partial charge in [0.1, 0.15) is 5.75 Å². The van der Waals surface area contributed by atoms with Gasteiger partial charge in [0.15, 0.2) is 5.82 Å². The molecule has 33 heavy (non-hydrogen) atoms. The van der Waals surface area contributed by atoms with Crippen LogP contribution >= 0.6 is 11.6 Å². The average Bonchev–Trinajstić information content (AvgIpc) is 3.50. The summed E-state index contributed by atoms with van der Waals surface area (Å²) in [5.41, 5.74) is 3.74. The minimum atomic E-state index is -0.201. The van der Waals surface area contributed by atoms with Crippen LogP contribution in [0.2, 0.25) is 5.02 Å². The van der Waals surface area contributed by atoms with Crippen LogP contribution in [0.25, 0.3) is 10.9 Å². The summed E-state index contributed by atoms with van der Waals surface area (Å²) >= 11 is 5.99. The molecule has 1 aliphatic carbocycles. The number of hydrogen-bond donors (Lipinski definition) is 2. The number of halogens is 1. The molecule has 2 aromatic heterocycles. The molecular formula is C25H23ClN4O3. The van der Waals surface area contributed by atoms with Gasteiger partial charge in [0, 0.05) is 39.3 Å². The molecule has 2 heterocycles.